The van der Waals surface area contributed by atoms with E-state index in [1.54, 1.807) is 25.3 Å². The van der Waals surface area contributed by atoms with E-state index in [1.165, 1.54) is 9.88 Å². The second-order valence-electron chi connectivity index (χ2n) is 6.10. The molecule has 0 saturated carbocycles. The Bertz CT molecular complexity index is 565. The molecule has 1 aliphatic heterocycles. The molecule has 1 fully saturated rings. The highest BCUT2D eigenvalue weighted by Gasteiger charge is 2.17. The molecule has 1 aromatic heterocycles. The van der Waals surface area contributed by atoms with Gasteiger partial charge in [0.1, 0.15) is 0 Å². The number of guanidine groups is 1. The average molecular weight is 367 g/mol. The molecular formula is C17H30N6OS. The lowest BCUT2D eigenvalue weighted by molar-refractivity contribution is -0.130. The molecule has 0 unspecified atom stereocenters. The number of nitrogens with zero attached hydrogens (tertiary/aromatic N) is 4. The minimum Gasteiger partial charge on any atom is -0.356 e. The summed E-state index contributed by atoms with van der Waals surface area (Å²) < 4.78 is 0. The van der Waals surface area contributed by atoms with Crippen molar-refractivity contribution in [2.24, 2.45) is 4.99 Å². The molecule has 8 heteroatoms. The van der Waals surface area contributed by atoms with Crippen LogP contribution in [0.3, 0.4) is 0 Å². The summed E-state index contributed by atoms with van der Waals surface area (Å²) >= 11 is 1.78. The smallest absolute Gasteiger partial charge is 0.219 e. The molecule has 0 bridgehead atoms. The Balaban J connectivity index is 1.60. The molecule has 0 aromatic carbocycles. The van der Waals surface area contributed by atoms with E-state index < -0.39 is 0 Å². The maximum atomic E-state index is 11.3. The summed E-state index contributed by atoms with van der Waals surface area (Å²) in [6.07, 6.45) is 3.94. The van der Waals surface area contributed by atoms with Gasteiger partial charge in [0.25, 0.3) is 0 Å². The number of carbonyl (C=O) groups excluding carboxylic acids is 1. The highest BCUT2D eigenvalue weighted by molar-refractivity contribution is 7.11. The third-order valence-corrected chi connectivity index (χ3v) is 5.54. The first-order valence-corrected chi connectivity index (χ1v) is 9.80. The van der Waals surface area contributed by atoms with E-state index in [1.807, 2.05) is 11.1 Å². The quantitative estimate of drug-likeness (QED) is 0.545. The first kappa shape index (κ1) is 19.7. The van der Waals surface area contributed by atoms with Crippen molar-refractivity contribution < 1.29 is 4.79 Å². The molecule has 0 atom stereocenters. The van der Waals surface area contributed by atoms with Crippen molar-refractivity contribution in [3.63, 3.8) is 0 Å². The van der Waals surface area contributed by atoms with Gasteiger partial charge in [0.05, 0.1) is 5.01 Å². The van der Waals surface area contributed by atoms with Crippen molar-refractivity contribution in [1.29, 1.82) is 0 Å². The van der Waals surface area contributed by atoms with Crippen molar-refractivity contribution in [2.75, 3.05) is 52.9 Å². The minimum absolute atomic E-state index is 0.175. The Morgan fingerprint density at radius 2 is 2.00 bits per heavy atom. The Morgan fingerprint density at radius 1 is 1.28 bits per heavy atom. The summed E-state index contributed by atoms with van der Waals surface area (Å²) in [7, 11) is 1.79. The zero-order valence-electron chi connectivity index (χ0n) is 15.5. The lowest BCUT2D eigenvalue weighted by atomic mass is 10.3. The molecule has 140 valence electrons. The summed E-state index contributed by atoms with van der Waals surface area (Å²) in [6, 6.07) is 0. The van der Waals surface area contributed by atoms with E-state index in [2.05, 4.69) is 32.4 Å². The van der Waals surface area contributed by atoms with Gasteiger partial charge in [-0.15, -0.1) is 11.3 Å². The van der Waals surface area contributed by atoms with Crippen molar-refractivity contribution in [3.05, 3.63) is 16.1 Å². The van der Waals surface area contributed by atoms with Gasteiger partial charge in [-0.1, -0.05) is 6.92 Å². The van der Waals surface area contributed by atoms with E-state index in [4.69, 9.17) is 0 Å². The maximum absolute atomic E-state index is 11.3. The summed E-state index contributed by atoms with van der Waals surface area (Å²) in [6.45, 7) is 9.96. The van der Waals surface area contributed by atoms with E-state index in [-0.39, 0.29) is 5.91 Å². The first-order valence-electron chi connectivity index (χ1n) is 8.98. The third-order valence-electron chi connectivity index (χ3n) is 4.34. The molecule has 2 N–H and O–H groups in total. The number of aliphatic imine (C=N–C) groups is 1. The van der Waals surface area contributed by atoms with Crippen LogP contribution in [-0.2, 0) is 17.6 Å². The fourth-order valence-corrected chi connectivity index (χ4v) is 3.62. The molecule has 2 heterocycles. The van der Waals surface area contributed by atoms with Crippen LogP contribution in [-0.4, -0.2) is 79.5 Å². The van der Waals surface area contributed by atoms with Gasteiger partial charge in [0.2, 0.25) is 5.91 Å². The number of thiazole rings is 1. The molecule has 0 spiro atoms. The zero-order chi connectivity index (χ0) is 18.1. The Kier molecular flexibility index (Phi) is 8.14. The molecular weight excluding hydrogens is 336 g/mol. The predicted octanol–water partition coefficient (Wildman–Crippen LogP) is 0.577. The highest BCUT2D eigenvalue weighted by Crippen LogP contribution is 2.13. The molecule has 0 radical (unpaired) electrons. The van der Waals surface area contributed by atoms with Gasteiger partial charge in [-0.2, -0.15) is 0 Å². The monoisotopic (exact) mass is 366 g/mol. The fourth-order valence-electron chi connectivity index (χ4n) is 2.75. The van der Waals surface area contributed by atoms with Gasteiger partial charge >= 0.3 is 0 Å². The molecule has 1 aliphatic rings. The van der Waals surface area contributed by atoms with Gasteiger partial charge in [-0.3, -0.25) is 14.7 Å². The SMILES string of the molecule is CCc1cnc(CCNC(=NC)NCCN2CCN(C(C)=O)CC2)s1. The number of hydrogen-bond donors (Lipinski definition) is 2. The number of hydrogen-bond acceptors (Lipinski definition) is 5. The van der Waals surface area contributed by atoms with E-state index in [0.717, 1.165) is 64.6 Å². The molecule has 0 aliphatic carbocycles. The highest BCUT2D eigenvalue weighted by atomic mass is 32.1. The van der Waals surface area contributed by atoms with Gasteiger partial charge in [-0.05, 0) is 6.42 Å². The Morgan fingerprint density at radius 3 is 2.60 bits per heavy atom. The van der Waals surface area contributed by atoms with Crippen LogP contribution in [0.2, 0.25) is 0 Å². The fraction of sp³-hybridized carbons (Fsp3) is 0.706. The Hall–Kier alpha value is -1.67. The standard InChI is InChI=1S/C17H30N6OS/c1-4-15-13-21-16(25-15)5-6-19-17(18-3)20-7-8-22-9-11-23(12-10-22)14(2)24/h13H,4-12H2,1-3H3,(H2,18,19,20). The van der Waals surface area contributed by atoms with E-state index >= 15 is 0 Å². The number of piperazine rings is 1. The lowest BCUT2D eigenvalue weighted by Gasteiger charge is -2.34. The van der Waals surface area contributed by atoms with Crippen LogP contribution < -0.4 is 10.6 Å². The number of nitrogens with one attached hydrogen (secondary N) is 2. The number of aryl methyl sites for hydroxylation is 1. The number of carbonyl (C=O) groups is 1. The van der Waals surface area contributed by atoms with Crippen LogP contribution in [0.5, 0.6) is 0 Å². The van der Waals surface area contributed by atoms with Gasteiger partial charge < -0.3 is 15.5 Å². The van der Waals surface area contributed by atoms with Crippen molar-refractivity contribution in [1.82, 2.24) is 25.4 Å². The second-order valence-corrected chi connectivity index (χ2v) is 7.30. The predicted molar refractivity (Wildman–Crippen MR) is 103 cm³/mol. The summed E-state index contributed by atoms with van der Waals surface area (Å²) in [5, 5.41) is 7.86. The van der Waals surface area contributed by atoms with Gasteiger partial charge in [-0.25, -0.2) is 4.98 Å². The summed E-state index contributed by atoms with van der Waals surface area (Å²) in [4.78, 5) is 25.7. The van der Waals surface area contributed by atoms with Crippen LogP contribution in [0.15, 0.2) is 11.2 Å². The average Bonchev–Trinajstić information content (AvgIpc) is 3.09. The minimum atomic E-state index is 0.175. The maximum Gasteiger partial charge on any atom is 0.219 e. The topological polar surface area (TPSA) is 72.9 Å². The van der Waals surface area contributed by atoms with Crippen molar-refractivity contribution >= 4 is 23.2 Å². The second kappa shape index (κ2) is 10.4. The number of rotatable bonds is 7. The van der Waals surface area contributed by atoms with Crippen LogP contribution in [0.4, 0.5) is 0 Å². The molecule has 7 nitrogen and oxygen atoms in total. The summed E-state index contributed by atoms with van der Waals surface area (Å²) in [5.41, 5.74) is 0. The van der Waals surface area contributed by atoms with Crippen LogP contribution in [0, 0.1) is 0 Å². The van der Waals surface area contributed by atoms with E-state index in [9.17, 15) is 4.79 Å². The lowest BCUT2D eigenvalue weighted by Crippen LogP contribution is -2.50. The zero-order valence-corrected chi connectivity index (χ0v) is 16.4. The molecule has 2 rings (SSSR count). The molecule has 1 saturated heterocycles. The largest absolute Gasteiger partial charge is 0.356 e. The number of aromatic nitrogens is 1. The molecule has 25 heavy (non-hydrogen) atoms. The van der Waals surface area contributed by atoms with Gasteiger partial charge in [0, 0.05) is 77.3 Å². The summed E-state index contributed by atoms with van der Waals surface area (Å²) in [5.74, 6) is 1.00. The molecule has 1 amide bonds. The van der Waals surface area contributed by atoms with Crippen LogP contribution >= 0.6 is 11.3 Å². The van der Waals surface area contributed by atoms with Crippen LogP contribution in [0.1, 0.15) is 23.7 Å². The van der Waals surface area contributed by atoms with Crippen LogP contribution in [0.25, 0.3) is 0 Å². The van der Waals surface area contributed by atoms with Crippen molar-refractivity contribution in [3.8, 4) is 0 Å². The van der Waals surface area contributed by atoms with Crippen molar-refractivity contribution in [2.45, 2.75) is 26.7 Å². The van der Waals surface area contributed by atoms with Gasteiger partial charge in [0.15, 0.2) is 5.96 Å². The first-order chi connectivity index (χ1) is 12.1. The normalized spacial score (nSPS) is 16.1. The number of amides is 1. The third kappa shape index (κ3) is 6.62. The Labute approximate surface area is 154 Å². The van der Waals surface area contributed by atoms with E-state index in [0.29, 0.717) is 0 Å². The molecule has 1 aromatic rings.